The zero-order valence-corrected chi connectivity index (χ0v) is 16.1. The molecule has 2 aromatic carbocycles. The van der Waals surface area contributed by atoms with E-state index >= 15 is 0 Å². The lowest BCUT2D eigenvalue weighted by Gasteiger charge is -2.04. The van der Waals surface area contributed by atoms with Crippen LogP contribution in [0.2, 0.25) is 0 Å². The number of nitro groups is 1. The van der Waals surface area contributed by atoms with Crippen LogP contribution in [0.5, 0.6) is 0 Å². The zero-order chi connectivity index (χ0) is 20.1. The molecule has 0 unspecified atom stereocenters. The maximum Gasteiger partial charge on any atom is 0.283 e. The third kappa shape index (κ3) is 4.72. The van der Waals surface area contributed by atoms with Crippen LogP contribution >= 0.6 is 11.8 Å². The highest BCUT2D eigenvalue weighted by molar-refractivity contribution is 7.99. The molecule has 0 saturated carbocycles. The molecule has 0 aliphatic carbocycles. The van der Waals surface area contributed by atoms with Crippen molar-refractivity contribution in [2.75, 3.05) is 0 Å². The first kappa shape index (κ1) is 19.5. The number of hydrazone groups is 1. The van der Waals surface area contributed by atoms with Gasteiger partial charge >= 0.3 is 0 Å². The van der Waals surface area contributed by atoms with Gasteiger partial charge in [-0.15, -0.1) is 0 Å². The van der Waals surface area contributed by atoms with Gasteiger partial charge in [-0.2, -0.15) is 18.6 Å². The Morgan fingerprint density at radius 1 is 1.25 bits per heavy atom. The van der Waals surface area contributed by atoms with Crippen LogP contribution < -0.4 is 4.83 Å². The third-order valence-electron chi connectivity index (χ3n) is 3.50. The number of sulfonamides is 1. The molecule has 10 nitrogen and oxygen atoms in total. The molecule has 144 valence electrons. The van der Waals surface area contributed by atoms with Gasteiger partial charge in [0.1, 0.15) is 6.33 Å². The Balaban J connectivity index is 1.77. The molecule has 1 heterocycles. The Labute approximate surface area is 164 Å². The van der Waals surface area contributed by atoms with Gasteiger partial charge in [-0.1, -0.05) is 23.8 Å². The van der Waals surface area contributed by atoms with Crippen LogP contribution in [0.4, 0.5) is 5.69 Å². The molecule has 0 spiro atoms. The van der Waals surface area contributed by atoms with E-state index in [2.05, 4.69) is 25.1 Å². The van der Waals surface area contributed by atoms with Crippen molar-refractivity contribution in [1.29, 1.82) is 0 Å². The first-order chi connectivity index (χ1) is 13.3. The average molecular weight is 418 g/mol. The fraction of sp³-hybridized carbons (Fsp3) is 0.0625. The molecule has 3 rings (SSSR count). The lowest BCUT2D eigenvalue weighted by Crippen LogP contribution is -2.18. The van der Waals surface area contributed by atoms with Gasteiger partial charge in [0, 0.05) is 11.6 Å². The number of aromatic nitrogens is 3. The second-order valence-corrected chi connectivity index (χ2v) is 8.23. The Morgan fingerprint density at radius 3 is 2.64 bits per heavy atom. The van der Waals surface area contributed by atoms with E-state index in [0.717, 1.165) is 17.3 Å². The van der Waals surface area contributed by atoms with Crippen molar-refractivity contribution in [2.24, 2.45) is 5.10 Å². The summed E-state index contributed by atoms with van der Waals surface area (Å²) in [5.41, 5.74) is 1.13. The Hall–Kier alpha value is -3.25. The minimum atomic E-state index is -3.82. The van der Waals surface area contributed by atoms with E-state index < -0.39 is 14.9 Å². The fourth-order valence-corrected chi connectivity index (χ4v) is 3.70. The summed E-state index contributed by atoms with van der Waals surface area (Å²) in [6, 6.07) is 10.7. The van der Waals surface area contributed by atoms with Gasteiger partial charge in [0.25, 0.3) is 15.7 Å². The fourth-order valence-electron chi connectivity index (χ4n) is 2.13. The summed E-state index contributed by atoms with van der Waals surface area (Å²) < 4.78 is 24.4. The van der Waals surface area contributed by atoms with E-state index in [4.69, 9.17) is 0 Å². The van der Waals surface area contributed by atoms with E-state index in [0.29, 0.717) is 15.6 Å². The van der Waals surface area contributed by atoms with Crippen molar-refractivity contribution in [3.8, 4) is 0 Å². The number of hydrogen-bond donors (Lipinski definition) is 2. The molecule has 2 N–H and O–H groups in total. The van der Waals surface area contributed by atoms with Crippen LogP contribution in [0.3, 0.4) is 0 Å². The van der Waals surface area contributed by atoms with E-state index in [1.807, 2.05) is 6.92 Å². The molecular formula is C16H14N6O4S2. The van der Waals surface area contributed by atoms with Crippen LogP contribution in [0.1, 0.15) is 11.1 Å². The van der Waals surface area contributed by atoms with Crippen molar-refractivity contribution in [3.05, 3.63) is 70.0 Å². The topological polar surface area (TPSA) is 143 Å². The molecule has 0 aliphatic heterocycles. The average Bonchev–Trinajstić information content (AvgIpc) is 3.16. The minimum Gasteiger partial charge on any atom is -0.258 e. The molecule has 0 fully saturated rings. The van der Waals surface area contributed by atoms with Crippen molar-refractivity contribution < 1.29 is 13.3 Å². The molecule has 3 aromatic rings. The van der Waals surface area contributed by atoms with Crippen molar-refractivity contribution >= 4 is 33.7 Å². The minimum absolute atomic E-state index is 0.0695. The molecule has 12 heteroatoms. The van der Waals surface area contributed by atoms with Crippen molar-refractivity contribution in [1.82, 2.24) is 20.0 Å². The maximum absolute atomic E-state index is 12.2. The monoisotopic (exact) mass is 418 g/mol. The Kier molecular flexibility index (Phi) is 5.70. The third-order valence-corrected chi connectivity index (χ3v) is 5.69. The molecule has 0 aliphatic rings. The van der Waals surface area contributed by atoms with Gasteiger partial charge in [-0.25, -0.2) is 9.82 Å². The number of H-pyrrole nitrogens is 1. The Morgan fingerprint density at radius 2 is 2.00 bits per heavy atom. The van der Waals surface area contributed by atoms with Crippen LogP contribution in [0, 0.1) is 17.0 Å². The summed E-state index contributed by atoms with van der Waals surface area (Å²) in [4.78, 5) is 17.2. The predicted octanol–water partition coefficient (Wildman–Crippen LogP) is 2.48. The van der Waals surface area contributed by atoms with Gasteiger partial charge in [0.15, 0.2) is 5.16 Å². The van der Waals surface area contributed by atoms with Gasteiger partial charge in [0.2, 0.25) is 0 Å². The number of nitro benzene ring substituents is 1. The molecule has 28 heavy (non-hydrogen) atoms. The standard InChI is InChI=1S/C16H14N6O4S2/c1-11-2-5-13(6-3-11)28(25,26)21-18-9-12-4-7-15(14(8-12)22(23)24)27-16-17-10-19-20-16/h2-10,21H,1H3,(H,17,19,20)/b18-9-. The molecule has 0 atom stereocenters. The van der Waals surface area contributed by atoms with Crippen LogP contribution in [-0.2, 0) is 10.0 Å². The number of nitrogens with one attached hydrogen (secondary N) is 2. The van der Waals surface area contributed by atoms with Crippen molar-refractivity contribution in [3.63, 3.8) is 0 Å². The number of nitrogens with zero attached hydrogens (tertiary/aromatic N) is 4. The summed E-state index contributed by atoms with van der Waals surface area (Å²) in [5.74, 6) is 0. The first-order valence-corrected chi connectivity index (χ1v) is 10.1. The highest BCUT2D eigenvalue weighted by atomic mass is 32.2. The zero-order valence-electron chi connectivity index (χ0n) is 14.4. The predicted molar refractivity (Wildman–Crippen MR) is 103 cm³/mol. The molecule has 0 saturated heterocycles. The quantitative estimate of drug-likeness (QED) is 0.341. The Bertz CT molecular complexity index is 1110. The normalized spacial score (nSPS) is 11.6. The number of hydrogen-bond acceptors (Lipinski definition) is 8. The number of aromatic amines is 1. The van der Waals surface area contributed by atoms with Crippen LogP contribution in [-0.4, -0.2) is 34.7 Å². The van der Waals surface area contributed by atoms with Gasteiger partial charge in [-0.3, -0.25) is 15.2 Å². The maximum atomic E-state index is 12.2. The van der Waals surface area contributed by atoms with E-state index in [9.17, 15) is 18.5 Å². The second kappa shape index (κ2) is 8.19. The van der Waals surface area contributed by atoms with E-state index in [1.54, 1.807) is 18.2 Å². The lowest BCUT2D eigenvalue weighted by atomic mass is 10.2. The number of aryl methyl sites for hydroxylation is 1. The second-order valence-electron chi connectivity index (χ2n) is 5.54. The lowest BCUT2D eigenvalue weighted by molar-refractivity contribution is -0.387. The largest absolute Gasteiger partial charge is 0.283 e. The van der Waals surface area contributed by atoms with Gasteiger partial charge in [0.05, 0.1) is 20.9 Å². The SMILES string of the molecule is Cc1ccc(S(=O)(=O)N/N=C\c2ccc(Sc3ncn[nH]3)c([N+](=O)[O-])c2)cc1. The number of rotatable bonds is 7. The summed E-state index contributed by atoms with van der Waals surface area (Å²) in [7, 11) is -3.82. The summed E-state index contributed by atoms with van der Waals surface area (Å²) in [6.45, 7) is 1.85. The molecule has 0 bridgehead atoms. The van der Waals surface area contributed by atoms with Crippen LogP contribution in [0.15, 0.2) is 68.8 Å². The molecule has 0 amide bonds. The molecule has 0 radical (unpaired) electrons. The highest BCUT2D eigenvalue weighted by Crippen LogP contribution is 2.33. The van der Waals surface area contributed by atoms with Gasteiger partial charge in [-0.05, 0) is 36.9 Å². The van der Waals surface area contributed by atoms with Gasteiger partial charge < -0.3 is 0 Å². The van der Waals surface area contributed by atoms with Crippen molar-refractivity contribution in [2.45, 2.75) is 21.9 Å². The highest BCUT2D eigenvalue weighted by Gasteiger charge is 2.17. The number of benzene rings is 2. The summed E-state index contributed by atoms with van der Waals surface area (Å²) in [6.07, 6.45) is 2.50. The van der Waals surface area contributed by atoms with E-state index in [1.165, 1.54) is 36.8 Å². The molecule has 1 aromatic heterocycles. The van der Waals surface area contributed by atoms with E-state index in [-0.39, 0.29) is 10.6 Å². The summed E-state index contributed by atoms with van der Waals surface area (Å²) in [5, 5.41) is 21.8. The smallest absolute Gasteiger partial charge is 0.258 e. The van der Waals surface area contributed by atoms with Crippen LogP contribution in [0.25, 0.3) is 0 Å². The first-order valence-electron chi connectivity index (χ1n) is 7.78. The molecular weight excluding hydrogens is 404 g/mol. The summed E-state index contributed by atoms with van der Waals surface area (Å²) >= 11 is 1.06.